The normalized spacial score (nSPS) is 16.8. The van der Waals surface area contributed by atoms with E-state index in [0.29, 0.717) is 0 Å². The second-order valence-electron chi connectivity index (χ2n) is 19.1. The molecular formula is C66H49N. The fourth-order valence-corrected chi connectivity index (χ4v) is 12.3. The number of benzene rings is 10. The van der Waals surface area contributed by atoms with Crippen molar-refractivity contribution in [2.24, 2.45) is 0 Å². The van der Waals surface area contributed by atoms with Crippen LogP contribution in [0.15, 0.2) is 224 Å². The number of nitrogens with zero attached hydrogens (tertiary/aromatic N) is 1. The van der Waals surface area contributed by atoms with Crippen LogP contribution in [0.1, 0.15) is 66.8 Å². The molecule has 0 N–H and O–H groups in total. The maximum absolute atomic E-state index is 2.53. The number of anilines is 3. The molecule has 2 atom stereocenters. The minimum atomic E-state index is -0.542. The Morgan fingerprint density at radius 2 is 0.657 bits per heavy atom. The Morgan fingerprint density at radius 3 is 1.22 bits per heavy atom. The Labute approximate surface area is 394 Å². The first kappa shape index (κ1) is 39.4. The summed E-state index contributed by atoms with van der Waals surface area (Å²) in [4.78, 5) is 2.51. The van der Waals surface area contributed by atoms with Gasteiger partial charge in [0.1, 0.15) is 0 Å². The van der Waals surface area contributed by atoms with E-state index in [2.05, 4.69) is 257 Å². The smallest absolute Gasteiger partial charge is 0.0726 e. The topological polar surface area (TPSA) is 3.24 Å². The van der Waals surface area contributed by atoms with Gasteiger partial charge in [-0.05, 0) is 153 Å². The van der Waals surface area contributed by atoms with Crippen LogP contribution in [0, 0.1) is 27.7 Å². The van der Waals surface area contributed by atoms with Gasteiger partial charge in [0.25, 0.3) is 0 Å². The SMILES string of the molecule is Cc1cccc(C2(c3ccccc3)c3cc(C)ccc3-c3ccc(N(c4ccc(-c5ccccc5)cc4)c4ccc5c(c4)C4(c6ccccc6-c6ccc(C)cc64)c4cc(C)ccc4-5)cc32)c1. The van der Waals surface area contributed by atoms with Gasteiger partial charge in [-0.1, -0.05) is 210 Å². The minimum absolute atomic E-state index is 0.474. The molecule has 13 rings (SSSR count). The lowest BCUT2D eigenvalue weighted by atomic mass is 9.67. The average Bonchev–Trinajstić information content (AvgIpc) is 3.93. The Balaban J connectivity index is 1.09. The van der Waals surface area contributed by atoms with Crippen LogP contribution in [0.5, 0.6) is 0 Å². The fraction of sp³-hybridized carbons (Fsp3) is 0.0909. The molecule has 0 aliphatic heterocycles. The molecule has 67 heavy (non-hydrogen) atoms. The first-order valence-electron chi connectivity index (χ1n) is 23.7. The molecule has 3 aliphatic rings. The van der Waals surface area contributed by atoms with E-state index in [0.717, 1.165) is 17.1 Å². The van der Waals surface area contributed by atoms with Crippen LogP contribution in [0.4, 0.5) is 17.1 Å². The molecule has 1 nitrogen and oxygen atoms in total. The highest BCUT2D eigenvalue weighted by atomic mass is 15.1. The zero-order valence-corrected chi connectivity index (χ0v) is 38.3. The highest BCUT2D eigenvalue weighted by Gasteiger charge is 2.52. The van der Waals surface area contributed by atoms with E-state index < -0.39 is 10.8 Å². The Hall–Kier alpha value is -8.00. The molecule has 0 saturated carbocycles. The average molecular weight is 856 g/mol. The molecule has 10 aromatic rings. The molecule has 1 spiro atoms. The van der Waals surface area contributed by atoms with E-state index in [4.69, 9.17) is 0 Å². The van der Waals surface area contributed by atoms with Crippen molar-refractivity contribution < 1.29 is 0 Å². The van der Waals surface area contributed by atoms with Gasteiger partial charge in [-0.3, -0.25) is 0 Å². The predicted molar refractivity (Wildman–Crippen MR) is 279 cm³/mol. The lowest BCUT2D eigenvalue weighted by Crippen LogP contribution is -2.29. The lowest BCUT2D eigenvalue weighted by molar-refractivity contribution is 0.766. The molecule has 2 unspecified atom stereocenters. The first-order valence-corrected chi connectivity index (χ1v) is 23.7. The van der Waals surface area contributed by atoms with Crippen molar-refractivity contribution >= 4 is 17.1 Å². The maximum atomic E-state index is 2.53. The monoisotopic (exact) mass is 855 g/mol. The van der Waals surface area contributed by atoms with Crippen LogP contribution in [0.25, 0.3) is 44.5 Å². The predicted octanol–water partition coefficient (Wildman–Crippen LogP) is 16.8. The minimum Gasteiger partial charge on any atom is -0.310 e. The molecule has 0 saturated heterocycles. The summed E-state index contributed by atoms with van der Waals surface area (Å²) in [5.74, 6) is 0. The van der Waals surface area contributed by atoms with E-state index in [1.54, 1.807) is 0 Å². The number of rotatable bonds is 6. The van der Waals surface area contributed by atoms with Crippen LogP contribution in [0.2, 0.25) is 0 Å². The van der Waals surface area contributed by atoms with E-state index in [1.807, 2.05) is 0 Å². The zero-order chi connectivity index (χ0) is 45.0. The second kappa shape index (κ2) is 14.8. The number of fused-ring (bicyclic) bond motifs is 13. The Bertz CT molecular complexity index is 3490. The molecule has 0 heterocycles. The van der Waals surface area contributed by atoms with Crippen molar-refractivity contribution in [1.82, 2.24) is 0 Å². The van der Waals surface area contributed by atoms with Gasteiger partial charge in [-0.25, -0.2) is 0 Å². The summed E-state index contributed by atoms with van der Waals surface area (Å²) in [6.07, 6.45) is 0. The largest absolute Gasteiger partial charge is 0.310 e. The molecule has 0 aromatic heterocycles. The Morgan fingerprint density at radius 1 is 0.254 bits per heavy atom. The van der Waals surface area contributed by atoms with E-state index in [1.165, 1.54) is 111 Å². The van der Waals surface area contributed by atoms with Crippen molar-refractivity contribution in [3.63, 3.8) is 0 Å². The van der Waals surface area contributed by atoms with Crippen molar-refractivity contribution in [3.8, 4) is 44.5 Å². The number of hydrogen-bond acceptors (Lipinski definition) is 1. The maximum Gasteiger partial charge on any atom is 0.0726 e. The molecule has 0 bridgehead atoms. The summed E-state index contributed by atoms with van der Waals surface area (Å²) in [6, 6.07) is 85.2. The van der Waals surface area contributed by atoms with Crippen LogP contribution < -0.4 is 4.90 Å². The van der Waals surface area contributed by atoms with E-state index >= 15 is 0 Å². The van der Waals surface area contributed by atoms with Gasteiger partial charge in [0.2, 0.25) is 0 Å². The van der Waals surface area contributed by atoms with Crippen molar-refractivity contribution in [1.29, 1.82) is 0 Å². The summed E-state index contributed by atoms with van der Waals surface area (Å²) < 4.78 is 0. The zero-order valence-electron chi connectivity index (χ0n) is 38.3. The summed E-state index contributed by atoms with van der Waals surface area (Å²) in [5.41, 5.74) is 28.2. The quantitative estimate of drug-likeness (QED) is 0.161. The van der Waals surface area contributed by atoms with Gasteiger partial charge < -0.3 is 4.90 Å². The Kier molecular flexibility index (Phi) is 8.67. The van der Waals surface area contributed by atoms with Crippen LogP contribution in [-0.2, 0) is 10.8 Å². The second-order valence-corrected chi connectivity index (χ2v) is 19.1. The number of aryl methyl sites for hydroxylation is 4. The number of hydrogen-bond donors (Lipinski definition) is 0. The van der Waals surface area contributed by atoms with Gasteiger partial charge in [-0.15, -0.1) is 0 Å². The summed E-state index contributed by atoms with van der Waals surface area (Å²) in [7, 11) is 0. The molecular weight excluding hydrogens is 807 g/mol. The van der Waals surface area contributed by atoms with Crippen molar-refractivity contribution in [2.75, 3.05) is 4.90 Å². The molecule has 0 fully saturated rings. The third-order valence-corrected chi connectivity index (χ3v) is 15.2. The molecule has 10 aromatic carbocycles. The highest BCUT2D eigenvalue weighted by molar-refractivity contribution is 5.97. The third kappa shape index (κ3) is 5.61. The molecule has 0 radical (unpaired) electrons. The summed E-state index contributed by atoms with van der Waals surface area (Å²) >= 11 is 0. The van der Waals surface area contributed by atoms with E-state index in [9.17, 15) is 0 Å². The van der Waals surface area contributed by atoms with Gasteiger partial charge in [0.15, 0.2) is 0 Å². The molecule has 3 aliphatic carbocycles. The van der Waals surface area contributed by atoms with Crippen LogP contribution in [-0.4, -0.2) is 0 Å². The first-order chi connectivity index (χ1) is 32.8. The third-order valence-electron chi connectivity index (χ3n) is 15.2. The van der Waals surface area contributed by atoms with E-state index in [-0.39, 0.29) is 0 Å². The fourth-order valence-electron chi connectivity index (χ4n) is 12.3. The van der Waals surface area contributed by atoms with Crippen molar-refractivity contribution in [2.45, 2.75) is 38.5 Å². The van der Waals surface area contributed by atoms with Gasteiger partial charge in [-0.2, -0.15) is 0 Å². The van der Waals surface area contributed by atoms with Gasteiger partial charge in [0.05, 0.1) is 10.8 Å². The summed E-state index contributed by atoms with van der Waals surface area (Å²) in [5, 5.41) is 0. The van der Waals surface area contributed by atoms with Crippen LogP contribution >= 0.6 is 0 Å². The molecule has 318 valence electrons. The van der Waals surface area contributed by atoms with Crippen molar-refractivity contribution in [3.05, 3.63) is 291 Å². The highest BCUT2D eigenvalue weighted by Crippen LogP contribution is 2.64. The lowest BCUT2D eigenvalue weighted by Gasteiger charge is -2.35. The van der Waals surface area contributed by atoms with Gasteiger partial charge in [0, 0.05) is 17.1 Å². The molecule has 0 amide bonds. The van der Waals surface area contributed by atoms with Crippen LogP contribution in [0.3, 0.4) is 0 Å². The van der Waals surface area contributed by atoms with Gasteiger partial charge >= 0.3 is 0 Å². The standard InChI is InChI=1S/C66H49N/c1-42-14-13-19-49(36-42)65(48-17-9-6-10-18-48)60-37-43(2)23-32-55(60)57-34-29-51(40-63(57)65)67(50-27-25-47(26-28-50)46-15-7-5-8-16-46)52-30-35-58-56-33-24-45(4)39-62(56)66(64(58)41-52)59-21-12-11-20-53(59)54-31-22-44(3)38-61(54)66/h5-41H,1-4H3. The summed E-state index contributed by atoms with van der Waals surface area (Å²) in [6.45, 7) is 8.92. The molecule has 1 heteroatoms.